The summed E-state index contributed by atoms with van der Waals surface area (Å²) in [6, 6.07) is 13.2. The number of carbonyl (C=O) groups excluding carboxylic acids is 1. The van der Waals surface area contributed by atoms with Crippen molar-refractivity contribution < 1.29 is 23.7 Å². The fraction of sp³-hybridized carbons (Fsp3) is 0.370. The number of ether oxygens (including phenoxy) is 4. The molecule has 1 aliphatic rings. The van der Waals surface area contributed by atoms with Gasteiger partial charge in [0.1, 0.15) is 11.5 Å². The molecule has 2 aromatic carbocycles. The monoisotopic (exact) mass is 436 g/mol. The largest absolute Gasteiger partial charge is 0.494 e. The highest BCUT2D eigenvalue weighted by atomic mass is 16.5. The molecule has 1 heterocycles. The van der Waals surface area contributed by atoms with Gasteiger partial charge in [0.25, 0.3) is 0 Å². The molecule has 0 spiro atoms. The normalized spacial score (nSPS) is 14.3. The minimum atomic E-state index is -0.377. The van der Waals surface area contributed by atoms with E-state index >= 15 is 0 Å². The molecular formula is C27H32O5. The number of rotatable bonds is 12. The van der Waals surface area contributed by atoms with Crippen LogP contribution in [0.3, 0.4) is 0 Å². The van der Waals surface area contributed by atoms with Gasteiger partial charge in [0.05, 0.1) is 26.4 Å². The van der Waals surface area contributed by atoms with Gasteiger partial charge in [-0.1, -0.05) is 51.2 Å². The minimum absolute atomic E-state index is 0.377. The van der Waals surface area contributed by atoms with Gasteiger partial charge in [0.15, 0.2) is 11.5 Å². The van der Waals surface area contributed by atoms with Crippen LogP contribution in [0.4, 0.5) is 0 Å². The molecule has 0 atom stereocenters. The Labute approximate surface area is 190 Å². The number of unbranched alkanes of at least 4 members (excludes halogenated alkanes) is 5. The van der Waals surface area contributed by atoms with E-state index in [4.69, 9.17) is 18.9 Å². The molecule has 0 fully saturated rings. The Morgan fingerprint density at radius 3 is 2.31 bits per heavy atom. The zero-order valence-electron chi connectivity index (χ0n) is 19.2. The topological polar surface area (TPSA) is 54.0 Å². The molecule has 0 aliphatic carbocycles. The van der Waals surface area contributed by atoms with Crippen LogP contribution in [-0.2, 0) is 9.53 Å². The van der Waals surface area contributed by atoms with E-state index in [0.717, 1.165) is 29.9 Å². The van der Waals surface area contributed by atoms with Crippen LogP contribution in [0, 0.1) is 0 Å². The maximum atomic E-state index is 12.4. The lowest BCUT2D eigenvalue weighted by Gasteiger charge is -2.09. The molecule has 2 aromatic rings. The summed E-state index contributed by atoms with van der Waals surface area (Å²) in [5, 5.41) is 0. The Bertz CT molecular complexity index is 957. The Morgan fingerprint density at radius 1 is 0.875 bits per heavy atom. The van der Waals surface area contributed by atoms with E-state index in [0.29, 0.717) is 22.8 Å². The fourth-order valence-electron chi connectivity index (χ4n) is 3.53. The molecular weight excluding hydrogens is 404 g/mol. The second kappa shape index (κ2) is 12.0. The summed E-state index contributed by atoms with van der Waals surface area (Å²) in [4.78, 5) is 12.4. The van der Waals surface area contributed by atoms with Crippen LogP contribution >= 0.6 is 0 Å². The first-order valence-electron chi connectivity index (χ1n) is 11.3. The van der Waals surface area contributed by atoms with Crippen LogP contribution in [0.15, 0.2) is 54.1 Å². The van der Waals surface area contributed by atoms with Crippen LogP contribution in [-0.4, -0.2) is 26.8 Å². The second-order valence-corrected chi connectivity index (χ2v) is 7.75. The molecule has 170 valence electrons. The van der Waals surface area contributed by atoms with Gasteiger partial charge < -0.3 is 18.9 Å². The average Bonchev–Trinajstić information content (AvgIpc) is 3.19. The van der Waals surface area contributed by atoms with Crippen molar-refractivity contribution in [1.29, 1.82) is 0 Å². The van der Waals surface area contributed by atoms with Crippen LogP contribution < -0.4 is 14.2 Å². The van der Waals surface area contributed by atoms with E-state index in [-0.39, 0.29) is 5.97 Å². The number of cyclic esters (lactones) is 1. The zero-order valence-corrected chi connectivity index (χ0v) is 19.2. The number of hydrogen-bond donors (Lipinski definition) is 0. The van der Waals surface area contributed by atoms with Gasteiger partial charge in [0, 0.05) is 5.56 Å². The zero-order chi connectivity index (χ0) is 22.8. The first kappa shape index (κ1) is 23.5. The molecule has 5 heteroatoms. The first-order chi connectivity index (χ1) is 15.6. The van der Waals surface area contributed by atoms with Gasteiger partial charge in [-0.2, -0.15) is 0 Å². The summed E-state index contributed by atoms with van der Waals surface area (Å²) in [6.07, 6.45) is 11.0. The van der Waals surface area contributed by atoms with Gasteiger partial charge in [-0.05, 0) is 54.5 Å². The summed E-state index contributed by atoms with van der Waals surface area (Å²) in [5.74, 6) is 2.15. The van der Waals surface area contributed by atoms with E-state index in [9.17, 15) is 4.79 Å². The summed E-state index contributed by atoms with van der Waals surface area (Å²) in [5.41, 5.74) is 2.15. The fourth-order valence-corrected chi connectivity index (χ4v) is 3.53. The Balaban J connectivity index is 1.59. The predicted molar refractivity (Wildman–Crippen MR) is 127 cm³/mol. The summed E-state index contributed by atoms with van der Waals surface area (Å²) >= 11 is 0. The lowest BCUT2D eigenvalue weighted by Crippen LogP contribution is -1.98. The van der Waals surface area contributed by atoms with Crippen molar-refractivity contribution in [2.75, 3.05) is 20.8 Å². The van der Waals surface area contributed by atoms with Crippen molar-refractivity contribution in [2.24, 2.45) is 0 Å². The Morgan fingerprint density at radius 2 is 1.59 bits per heavy atom. The molecule has 3 rings (SSSR count). The molecule has 0 amide bonds. The third kappa shape index (κ3) is 6.39. The first-order valence-corrected chi connectivity index (χ1v) is 11.3. The lowest BCUT2D eigenvalue weighted by molar-refractivity contribution is -0.130. The number of carbonyl (C=O) groups is 1. The van der Waals surface area contributed by atoms with Gasteiger partial charge >= 0.3 is 5.97 Å². The van der Waals surface area contributed by atoms with E-state index in [1.807, 2.05) is 36.4 Å². The average molecular weight is 437 g/mol. The van der Waals surface area contributed by atoms with Crippen LogP contribution in [0.5, 0.6) is 17.2 Å². The highest BCUT2D eigenvalue weighted by molar-refractivity contribution is 6.05. The predicted octanol–water partition coefficient (Wildman–Crippen LogP) is 6.42. The van der Waals surface area contributed by atoms with E-state index in [1.54, 1.807) is 32.4 Å². The Hall–Kier alpha value is -3.21. The molecule has 0 bridgehead atoms. The lowest BCUT2D eigenvalue weighted by atomic mass is 10.1. The molecule has 0 N–H and O–H groups in total. The van der Waals surface area contributed by atoms with E-state index < -0.39 is 0 Å². The summed E-state index contributed by atoms with van der Waals surface area (Å²) in [7, 11) is 3.15. The van der Waals surface area contributed by atoms with Crippen molar-refractivity contribution in [3.63, 3.8) is 0 Å². The van der Waals surface area contributed by atoms with E-state index in [1.165, 1.54) is 32.1 Å². The van der Waals surface area contributed by atoms with Gasteiger partial charge in [0.2, 0.25) is 0 Å². The van der Waals surface area contributed by atoms with Crippen molar-refractivity contribution in [3.8, 4) is 17.2 Å². The molecule has 0 saturated carbocycles. The van der Waals surface area contributed by atoms with Crippen molar-refractivity contribution in [2.45, 2.75) is 45.4 Å². The number of hydrogen-bond acceptors (Lipinski definition) is 5. The third-order valence-electron chi connectivity index (χ3n) is 5.36. The van der Waals surface area contributed by atoms with Gasteiger partial charge in [-0.25, -0.2) is 4.79 Å². The minimum Gasteiger partial charge on any atom is -0.494 e. The van der Waals surface area contributed by atoms with Crippen molar-refractivity contribution in [1.82, 2.24) is 0 Å². The molecule has 0 unspecified atom stereocenters. The molecule has 1 aliphatic heterocycles. The molecule has 5 nitrogen and oxygen atoms in total. The summed E-state index contributed by atoms with van der Waals surface area (Å²) < 4.78 is 21.9. The third-order valence-corrected chi connectivity index (χ3v) is 5.36. The van der Waals surface area contributed by atoms with Crippen LogP contribution in [0.2, 0.25) is 0 Å². The molecule has 0 saturated heterocycles. The highest BCUT2D eigenvalue weighted by Gasteiger charge is 2.23. The SMILES string of the molecule is CCCCCCCCOc1ccc(C=C2C=C(c3ccc(OC)c(OC)c3)OC2=O)cc1. The molecule has 0 radical (unpaired) electrons. The maximum Gasteiger partial charge on any atom is 0.343 e. The summed E-state index contributed by atoms with van der Waals surface area (Å²) in [6.45, 7) is 2.96. The van der Waals surface area contributed by atoms with Crippen LogP contribution in [0.25, 0.3) is 11.8 Å². The number of esters is 1. The second-order valence-electron chi connectivity index (χ2n) is 7.75. The maximum absolute atomic E-state index is 12.4. The Kier molecular flexibility index (Phi) is 8.79. The highest BCUT2D eigenvalue weighted by Crippen LogP contribution is 2.34. The van der Waals surface area contributed by atoms with Crippen molar-refractivity contribution in [3.05, 3.63) is 65.2 Å². The quantitative estimate of drug-likeness (QED) is 0.218. The molecule has 0 aromatic heterocycles. The standard InChI is InChI=1S/C27H32O5/c1-4-5-6-7-8-9-16-31-23-13-10-20(11-14-23)17-22-19-25(32-27(22)28)21-12-15-24(29-2)26(18-21)30-3/h10-15,17-19H,4-9,16H2,1-3H3. The van der Waals surface area contributed by atoms with Crippen LogP contribution in [0.1, 0.15) is 56.6 Å². The van der Waals surface area contributed by atoms with E-state index in [2.05, 4.69) is 6.92 Å². The van der Waals surface area contributed by atoms with Gasteiger partial charge in [-0.3, -0.25) is 0 Å². The number of benzene rings is 2. The number of methoxy groups -OCH3 is 2. The van der Waals surface area contributed by atoms with Crippen molar-refractivity contribution >= 4 is 17.8 Å². The smallest absolute Gasteiger partial charge is 0.343 e. The van der Waals surface area contributed by atoms with Gasteiger partial charge in [-0.15, -0.1) is 0 Å². The molecule has 32 heavy (non-hydrogen) atoms.